The number of hydrogen-bond donors (Lipinski definition) is 1. The Bertz CT molecular complexity index is 1060. The van der Waals surface area contributed by atoms with Gasteiger partial charge in [0.25, 0.3) is 0 Å². The summed E-state index contributed by atoms with van der Waals surface area (Å²) in [6.45, 7) is 5.75. The number of halogens is 2. The minimum Gasteiger partial charge on any atom is -0.354 e. The summed E-state index contributed by atoms with van der Waals surface area (Å²) in [6, 6.07) is 12.8. The molecule has 1 N–H and O–H groups in total. The SMILES string of the molecule is CC(C)CNC(=O)[C@@H](C)N(Cc1ccc(Cl)cc1)C(=O)CN(c1ccc(Br)cc1)S(C)(=O)=O. The molecule has 2 aromatic carbocycles. The van der Waals surface area contributed by atoms with Crippen molar-refractivity contribution in [2.45, 2.75) is 33.4 Å². The van der Waals surface area contributed by atoms with Crippen molar-refractivity contribution < 1.29 is 18.0 Å². The topological polar surface area (TPSA) is 86.8 Å². The van der Waals surface area contributed by atoms with E-state index >= 15 is 0 Å². The molecule has 2 rings (SSSR count). The molecule has 10 heteroatoms. The number of nitrogens with zero attached hydrogens (tertiary/aromatic N) is 2. The minimum absolute atomic E-state index is 0.129. The van der Waals surface area contributed by atoms with E-state index in [2.05, 4.69) is 21.2 Å². The third kappa shape index (κ3) is 8.32. The Hall–Kier alpha value is -2.10. The van der Waals surface area contributed by atoms with Crippen LogP contribution in [0.15, 0.2) is 53.0 Å². The largest absolute Gasteiger partial charge is 0.354 e. The van der Waals surface area contributed by atoms with E-state index in [4.69, 9.17) is 11.6 Å². The molecule has 0 saturated carbocycles. The first-order valence-corrected chi connectivity index (χ1v) is 13.4. The van der Waals surface area contributed by atoms with Crippen LogP contribution in [0.5, 0.6) is 0 Å². The summed E-state index contributed by atoms with van der Waals surface area (Å²) in [5.41, 5.74) is 1.13. The molecule has 2 amide bonds. The van der Waals surface area contributed by atoms with Crippen molar-refractivity contribution in [1.29, 1.82) is 0 Å². The molecule has 33 heavy (non-hydrogen) atoms. The van der Waals surface area contributed by atoms with E-state index in [9.17, 15) is 18.0 Å². The van der Waals surface area contributed by atoms with E-state index in [0.717, 1.165) is 20.6 Å². The Kier molecular flexibility index (Phi) is 9.75. The van der Waals surface area contributed by atoms with Gasteiger partial charge in [0.1, 0.15) is 12.6 Å². The molecule has 0 aliphatic rings. The van der Waals surface area contributed by atoms with Gasteiger partial charge in [-0.05, 0) is 54.8 Å². The number of rotatable bonds is 10. The van der Waals surface area contributed by atoms with Gasteiger partial charge in [-0.2, -0.15) is 0 Å². The van der Waals surface area contributed by atoms with Gasteiger partial charge in [0, 0.05) is 22.6 Å². The molecule has 0 aliphatic carbocycles. The Morgan fingerprint density at radius 2 is 1.61 bits per heavy atom. The highest BCUT2D eigenvalue weighted by atomic mass is 79.9. The summed E-state index contributed by atoms with van der Waals surface area (Å²) < 4.78 is 26.8. The quantitative estimate of drug-likeness (QED) is 0.477. The first-order valence-electron chi connectivity index (χ1n) is 10.4. The number of sulfonamides is 1. The zero-order valence-corrected chi connectivity index (χ0v) is 22.2. The molecule has 180 valence electrons. The van der Waals surface area contributed by atoms with E-state index in [-0.39, 0.29) is 18.4 Å². The fourth-order valence-electron chi connectivity index (χ4n) is 3.04. The van der Waals surface area contributed by atoms with Crippen LogP contribution in [-0.4, -0.2) is 50.5 Å². The molecule has 0 aliphatic heterocycles. The fraction of sp³-hybridized carbons (Fsp3) is 0.391. The number of amides is 2. The summed E-state index contributed by atoms with van der Waals surface area (Å²) >= 11 is 9.30. The molecular weight excluding hydrogens is 530 g/mol. The monoisotopic (exact) mass is 557 g/mol. The Labute approximate surface area is 209 Å². The third-order valence-corrected chi connectivity index (χ3v) is 6.83. The second-order valence-electron chi connectivity index (χ2n) is 8.21. The number of nitrogens with one attached hydrogen (secondary N) is 1. The summed E-state index contributed by atoms with van der Waals surface area (Å²) in [5, 5.41) is 3.40. The molecule has 0 aromatic heterocycles. The van der Waals surface area contributed by atoms with Crippen molar-refractivity contribution in [2.75, 3.05) is 23.7 Å². The van der Waals surface area contributed by atoms with Gasteiger partial charge in [0.15, 0.2) is 0 Å². The Balaban J connectivity index is 2.34. The molecule has 0 fully saturated rings. The van der Waals surface area contributed by atoms with E-state index in [1.807, 2.05) is 13.8 Å². The smallest absolute Gasteiger partial charge is 0.244 e. The van der Waals surface area contributed by atoms with Crippen LogP contribution in [0.4, 0.5) is 5.69 Å². The van der Waals surface area contributed by atoms with Crippen LogP contribution in [-0.2, 0) is 26.2 Å². The first-order chi connectivity index (χ1) is 15.4. The maximum absolute atomic E-state index is 13.4. The van der Waals surface area contributed by atoms with Gasteiger partial charge in [0.05, 0.1) is 11.9 Å². The number of hydrogen-bond acceptors (Lipinski definition) is 4. The number of anilines is 1. The van der Waals surface area contributed by atoms with Crippen LogP contribution in [0.3, 0.4) is 0 Å². The van der Waals surface area contributed by atoms with E-state index < -0.39 is 28.5 Å². The predicted molar refractivity (Wildman–Crippen MR) is 136 cm³/mol. The number of carbonyl (C=O) groups is 2. The van der Waals surface area contributed by atoms with Crippen LogP contribution in [0.2, 0.25) is 5.02 Å². The maximum Gasteiger partial charge on any atom is 0.244 e. The van der Waals surface area contributed by atoms with Crippen molar-refractivity contribution in [3.63, 3.8) is 0 Å². The lowest BCUT2D eigenvalue weighted by atomic mass is 10.1. The van der Waals surface area contributed by atoms with Gasteiger partial charge in [-0.25, -0.2) is 8.42 Å². The second kappa shape index (κ2) is 11.9. The molecule has 0 unspecified atom stereocenters. The molecular formula is C23H29BrClN3O4S. The zero-order chi connectivity index (χ0) is 24.8. The van der Waals surface area contributed by atoms with E-state index in [1.54, 1.807) is 55.5 Å². The van der Waals surface area contributed by atoms with E-state index in [0.29, 0.717) is 17.3 Å². The molecule has 0 radical (unpaired) electrons. The lowest BCUT2D eigenvalue weighted by molar-refractivity contribution is -0.139. The third-order valence-electron chi connectivity index (χ3n) is 4.91. The van der Waals surface area contributed by atoms with Crippen LogP contribution >= 0.6 is 27.5 Å². The second-order valence-corrected chi connectivity index (χ2v) is 11.5. The first kappa shape index (κ1) is 27.1. The van der Waals surface area contributed by atoms with Crippen LogP contribution < -0.4 is 9.62 Å². The Morgan fingerprint density at radius 3 is 2.12 bits per heavy atom. The average Bonchev–Trinajstić information content (AvgIpc) is 2.74. The average molecular weight is 559 g/mol. The van der Waals surface area contributed by atoms with Crippen LogP contribution in [0.25, 0.3) is 0 Å². The van der Waals surface area contributed by atoms with Crippen molar-refractivity contribution >= 4 is 55.1 Å². The molecule has 0 bridgehead atoms. The highest BCUT2D eigenvalue weighted by Crippen LogP contribution is 2.22. The molecule has 1 atom stereocenters. The van der Waals surface area contributed by atoms with Crippen molar-refractivity contribution in [2.24, 2.45) is 5.92 Å². The number of carbonyl (C=O) groups excluding carboxylic acids is 2. The van der Waals surface area contributed by atoms with Gasteiger partial charge in [-0.1, -0.05) is 53.5 Å². The van der Waals surface area contributed by atoms with Crippen molar-refractivity contribution in [1.82, 2.24) is 10.2 Å². The zero-order valence-electron chi connectivity index (χ0n) is 19.1. The minimum atomic E-state index is -3.75. The molecule has 2 aromatic rings. The summed E-state index contributed by atoms with van der Waals surface area (Å²) in [6.07, 6.45) is 1.05. The van der Waals surface area contributed by atoms with Gasteiger partial charge < -0.3 is 10.2 Å². The summed E-state index contributed by atoms with van der Waals surface area (Å²) in [7, 11) is -3.75. The van der Waals surface area contributed by atoms with Crippen LogP contribution in [0.1, 0.15) is 26.3 Å². The Morgan fingerprint density at radius 1 is 1.03 bits per heavy atom. The van der Waals surface area contributed by atoms with E-state index in [1.165, 1.54) is 4.90 Å². The molecule has 7 nitrogen and oxygen atoms in total. The van der Waals surface area contributed by atoms with Crippen molar-refractivity contribution in [3.8, 4) is 0 Å². The lowest BCUT2D eigenvalue weighted by Gasteiger charge is -2.31. The summed E-state index contributed by atoms with van der Waals surface area (Å²) in [4.78, 5) is 27.5. The highest BCUT2D eigenvalue weighted by Gasteiger charge is 2.30. The fourth-order valence-corrected chi connectivity index (χ4v) is 4.28. The van der Waals surface area contributed by atoms with Gasteiger partial charge in [-0.15, -0.1) is 0 Å². The van der Waals surface area contributed by atoms with Gasteiger partial charge in [-0.3, -0.25) is 13.9 Å². The van der Waals surface area contributed by atoms with Crippen LogP contribution in [0, 0.1) is 5.92 Å². The number of benzene rings is 2. The lowest BCUT2D eigenvalue weighted by Crippen LogP contribution is -2.51. The molecule has 0 saturated heterocycles. The molecule has 0 heterocycles. The van der Waals surface area contributed by atoms with Gasteiger partial charge in [0.2, 0.25) is 21.8 Å². The highest BCUT2D eigenvalue weighted by molar-refractivity contribution is 9.10. The van der Waals surface area contributed by atoms with Crippen molar-refractivity contribution in [3.05, 3.63) is 63.6 Å². The predicted octanol–water partition coefficient (Wildman–Crippen LogP) is 4.06. The molecule has 0 spiro atoms. The maximum atomic E-state index is 13.4. The summed E-state index contributed by atoms with van der Waals surface area (Å²) in [5.74, 6) is -0.550. The normalized spacial score (nSPS) is 12.3. The van der Waals surface area contributed by atoms with Gasteiger partial charge >= 0.3 is 0 Å². The standard InChI is InChI=1S/C23H29BrClN3O4S/c1-16(2)13-26-23(30)17(3)27(14-18-5-9-20(25)10-6-18)22(29)15-28(33(4,31)32)21-11-7-19(24)8-12-21/h5-12,16-17H,13-15H2,1-4H3,(H,26,30)/t17-/m1/s1.